The molecule has 0 atom stereocenters. The molecule has 0 spiro atoms. The molecule has 0 aromatic heterocycles. The lowest BCUT2D eigenvalue weighted by Gasteiger charge is -1.98. The van der Waals surface area contributed by atoms with Gasteiger partial charge in [-0.05, 0) is 6.42 Å². The quantitative estimate of drug-likeness (QED) is 0.461. The monoisotopic (exact) mass is 178 g/mol. The number of esters is 1. The zero-order valence-electron chi connectivity index (χ0n) is 7.97. The molecule has 2 nitrogen and oxygen atoms in total. The maximum Gasteiger partial charge on any atom is 0.305 e. The van der Waals surface area contributed by atoms with Crippen molar-refractivity contribution in [1.29, 1.82) is 0 Å². The molecule has 0 bridgehead atoms. The highest BCUT2D eigenvalue weighted by molar-refractivity contribution is 5.68. The van der Waals surface area contributed by atoms with Crippen LogP contribution in [0.25, 0.3) is 0 Å². The number of carbonyl (C=O) groups excluding carboxylic acids is 1. The lowest BCUT2D eigenvalue weighted by molar-refractivity contribution is -0.140. The number of rotatable bonds is 6. The summed E-state index contributed by atoms with van der Waals surface area (Å²) < 4.78 is 4.52. The Morgan fingerprint density at radius 3 is 2.25 bits per heavy atom. The summed E-state index contributed by atoms with van der Waals surface area (Å²) in [5.74, 6) is -0.0819. The van der Waals surface area contributed by atoms with Crippen molar-refractivity contribution in [3.63, 3.8) is 0 Å². The first-order valence-corrected chi connectivity index (χ1v) is 4.38. The lowest BCUT2D eigenvalue weighted by atomic mass is 10.1. The van der Waals surface area contributed by atoms with Crippen molar-refractivity contribution in [2.75, 3.05) is 7.11 Å². The second-order valence-electron chi connectivity index (χ2n) is 2.74. The van der Waals surface area contributed by atoms with Gasteiger partial charge in [0.15, 0.2) is 0 Å². The molecule has 0 saturated carbocycles. The predicted octanol–water partition coefficient (Wildman–Crippen LogP) is 2.67. The van der Waals surface area contributed by atoms with Crippen LogP contribution in [0.5, 0.6) is 0 Å². The van der Waals surface area contributed by atoms with E-state index in [2.05, 4.69) is 11.7 Å². The Morgan fingerprint density at radius 1 is 1.17 bits per heavy atom. The van der Waals surface area contributed by atoms with E-state index in [1.165, 1.54) is 26.4 Å². The molecular formula is C9H19FO2. The lowest BCUT2D eigenvalue weighted by Crippen LogP contribution is -1.98. The van der Waals surface area contributed by atoms with Gasteiger partial charge < -0.3 is 4.74 Å². The molecule has 0 aromatic rings. The van der Waals surface area contributed by atoms with Crippen molar-refractivity contribution >= 4 is 5.97 Å². The van der Waals surface area contributed by atoms with Crippen LogP contribution in [0.3, 0.4) is 0 Å². The molecule has 0 rings (SSSR count). The topological polar surface area (TPSA) is 26.3 Å². The zero-order valence-corrected chi connectivity index (χ0v) is 7.97. The summed E-state index contributed by atoms with van der Waals surface area (Å²) in [5, 5.41) is 0. The van der Waals surface area contributed by atoms with Crippen LogP contribution in [0.1, 0.15) is 45.4 Å². The predicted molar refractivity (Wildman–Crippen MR) is 47.9 cm³/mol. The number of hydrogen-bond donors (Lipinski definition) is 0. The van der Waals surface area contributed by atoms with Gasteiger partial charge in [-0.2, -0.15) is 0 Å². The first-order chi connectivity index (χ1) is 5.31. The summed E-state index contributed by atoms with van der Waals surface area (Å²) in [5.41, 5.74) is 0. The van der Waals surface area contributed by atoms with E-state index in [1.807, 2.05) is 0 Å². The van der Waals surface area contributed by atoms with Crippen LogP contribution < -0.4 is 0 Å². The van der Waals surface area contributed by atoms with Crippen molar-refractivity contribution in [2.45, 2.75) is 45.4 Å². The first kappa shape index (κ1) is 14.0. The Morgan fingerprint density at radius 2 is 1.75 bits per heavy atom. The van der Waals surface area contributed by atoms with Crippen molar-refractivity contribution in [3.05, 3.63) is 0 Å². The molecule has 0 aliphatic rings. The Bertz CT molecular complexity index is 105. The Balaban J connectivity index is 0. The minimum absolute atomic E-state index is 0. The van der Waals surface area contributed by atoms with Gasteiger partial charge in [-0.3, -0.25) is 9.50 Å². The molecule has 0 N–H and O–H groups in total. The smallest absolute Gasteiger partial charge is 0.305 e. The van der Waals surface area contributed by atoms with Crippen LogP contribution in [-0.4, -0.2) is 13.1 Å². The third-order valence-corrected chi connectivity index (χ3v) is 1.71. The highest BCUT2D eigenvalue weighted by Crippen LogP contribution is 2.04. The molecule has 74 valence electrons. The van der Waals surface area contributed by atoms with Crippen LogP contribution in [-0.2, 0) is 9.53 Å². The average molecular weight is 178 g/mol. The maximum absolute atomic E-state index is 10.6. The van der Waals surface area contributed by atoms with Crippen LogP contribution in [0.15, 0.2) is 0 Å². The van der Waals surface area contributed by atoms with Gasteiger partial charge in [-0.15, -0.1) is 0 Å². The normalized spacial score (nSPS) is 8.83. The van der Waals surface area contributed by atoms with Gasteiger partial charge >= 0.3 is 5.97 Å². The third-order valence-electron chi connectivity index (χ3n) is 1.71. The molecule has 0 saturated heterocycles. The molecule has 0 aromatic carbocycles. The molecule has 0 unspecified atom stereocenters. The van der Waals surface area contributed by atoms with Gasteiger partial charge in [-0.1, -0.05) is 32.6 Å². The van der Waals surface area contributed by atoms with E-state index in [9.17, 15) is 4.79 Å². The van der Waals surface area contributed by atoms with Gasteiger partial charge in [0, 0.05) is 6.42 Å². The van der Waals surface area contributed by atoms with Crippen LogP contribution >= 0.6 is 0 Å². The van der Waals surface area contributed by atoms with Crippen LogP contribution in [0.2, 0.25) is 0 Å². The van der Waals surface area contributed by atoms with Crippen molar-refractivity contribution in [1.82, 2.24) is 0 Å². The van der Waals surface area contributed by atoms with Crippen LogP contribution in [0, 0.1) is 0 Å². The molecule has 0 heterocycles. The van der Waals surface area contributed by atoms with E-state index >= 15 is 0 Å². The first-order valence-electron chi connectivity index (χ1n) is 4.38. The van der Waals surface area contributed by atoms with Gasteiger partial charge in [-0.25, -0.2) is 0 Å². The van der Waals surface area contributed by atoms with Gasteiger partial charge in [0.05, 0.1) is 7.11 Å². The fraction of sp³-hybridized carbons (Fsp3) is 0.889. The molecule has 3 heteroatoms. The Kier molecular flexibility index (Phi) is 12.1. The molecule has 0 amide bonds. The van der Waals surface area contributed by atoms with Crippen LogP contribution in [0.4, 0.5) is 4.70 Å². The number of unbranched alkanes of at least 4 members (excludes halogenated alkanes) is 4. The highest BCUT2D eigenvalue weighted by Gasteiger charge is 1.97. The second-order valence-corrected chi connectivity index (χ2v) is 2.74. The molecule has 0 fully saturated rings. The molecule has 0 aliphatic carbocycles. The van der Waals surface area contributed by atoms with E-state index in [-0.39, 0.29) is 10.7 Å². The van der Waals surface area contributed by atoms with E-state index in [0.717, 1.165) is 12.8 Å². The zero-order chi connectivity index (χ0) is 8.53. The number of halogens is 1. The second kappa shape index (κ2) is 10.4. The summed E-state index contributed by atoms with van der Waals surface area (Å²) in [6.45, 7) is 2.18. The standard InChI is InChI=1S/C9H18O2.FH/c1-3-4-5-6-7-8-9(10)11-2;/h3-8H2,1-2H3;1H. The summed E-state index contributed by atoms with van der Waals surface area (Å²) in [6, 6.07) is 0. The highest BCUT2D eigenvalue weighted by atomic mass is 19.0. The minimum atomic E-state index is -0.0819. The van der Waals surface area contributed by atoms with Crippen molar-refractivity contribution in [2.24, 2.45) is 0 Å². The summed E-state index contributed by atoms with van der Waals surface area (Å²) in [4.78, 5) is 10.6. The number of methoxy groups -OCH3 is 1. The average Bonchev–Trinajstić information content (AvgIpc) is 2.04. The van der Waals surface area contributed by atoms with E-state index in [4.69, 9.17) is 0 Å². The Hall–Kier alpha value is -0.600. The fourth-order valence-corrected chi connectivity index (χ4v) is 0.975. The number of carbonyl (C=O) groups is 1. The molecular weight excluding hydrogens is 159 g/mol. The molecule has 0 radical (unpaired) electrons. The minimum Gasteiger partial charge on any atom is -0.469 e. The molecule has 0 aliphatic heterocycles. The van der Waals surface area contributed by atoms with Crippen molar-refractivity contribution < 1.29 is 14.2 Å². The van der Waals surface area contributed by atoms with E-state index in [1.54, 1.807) is 0 Å². The largest absolute Gasteiger partial charge is 0.469 e. The third kappa shape index (κ3) is 9.40. The SMILES string of the molecule is CCCCCCCC(=O)OC.F. The fourth-order valence-electron chi connectivity index (χ4n) is 0.975. The summed E-state index contributed by atoms with van der Waals surface area (Å²) in [6.07, 6.45) is 6.49. The van der Waals surface area contributed by atoms with E-state index < -0.39 is 0 Å². The summed E-state index contributed by atoms with van der Waals surface area (Å²) in [7, 11) is 1.44. The van der Waals surface area contributed by atoms with Gasteiger partial charge in [0.2, 0.25) is 0 Å². The number of ether oxygens (including phenoxy) is 1. The Labute approximate surface area is 73.7 Å². The van der Waals surface area contributed by atoms with Crippen molar-refractivity contribution in [3.8, 4) is 0 Å². The van der Waals surface area contributed by atoms with Gasteiger partial charge in [0.1, 0.15) is 0 Å². The van der Waals surface area contributed by atoms with Gasteiger partial charge in [0.25, 0.3) is 0 Å². The summed E-state index contributed by atoms with van der Waals surface area (Å²) >= 11 is 0. The van der Waals surface area contributed by atoms with E-state index in [0.29, 0.717) is 6.42 Å². The number of hydrogen-bond acceptors (Lipinski definition) is 2. The maximum atomic E-state index is 10.6. The molecule has 12 heavy (non-hydrogen) atoms.